The summed E-state index contributed by atoms with van der Waals surface area (Å²) >= 11 is 0. The van der Waals surface area contributed by atoms with Gasteiger partial charge in [-0.1, -0.05) is 32.3 Å². The van der Waals surface area contributed by atoms with Crippen LogP contribution in [0.25, 0.3) is 0 Å². The number of nitrogens with one attached hydrogen (secondary N) is 1. The topological polar surface area (TPSA) is 97.4 Å². The molecule has 1 fully saturated rings. The summed E-state index contributed by atoms with van der Waals surface area (Å²) in [5.74, 6) is -0.360. The monoisotopic (exact) mass is 553 g/mol. The molecule has 2 amide bonds. The number of benzene rings is 1. The maximum Gasteiger partial charge on any atom is 0.409 e. The van der Waals surface area contributed by atoms with Crippen LogP contribution in [-0.2, 0) is 36.8 Å². The Kier molecular flexibility index (Phi) is 14.5. The molecule has 2 aliphatic rings. The van der Waals surface area contributed by atoms with Crippen LogP contribution in [0, 0.1) is 0 Å². The lowest BCUT2D eigenvalue weighted by molar-refractivity contribution is -0.143. The van der Waals surface area contributed by atoms with Crippen LogP contribution in [0.5, 0.6) is 0 Å². The quantitative estimate of drug-likeness (QED) is 0.282. The van der Waals surface area contributed by atoms with Crippen LogP contribution in [0.1, 0.15) is 69.9 Å². The first-order valence-electron chi connectivity index (χ1n) is 13.8. The molecular weight excluding hydrogens is 510 g/mol. The fourth-order valence-corrected chi connectivity index (χ4v) is 4.74. The van der Waals surface area contributed by atoms with Crippen LogP contribution in [0.2, 0.25) is 0 Å². The fourth-order valence-electron chi connectivity index (χ4n) is 4.74. The number of amides is 2. The number of esters is 1. The van der Waals surface area contributed by atoms with Crippen molar-refractivity contribution in [3.8, 4) is 0 Å². The molecule has 3 rings (SSSR count). The van der Waals surface area contributed by atoms with Crippen molar-refractivity contribution in [3.63, 3.8) is 0 Å². The van der Waals surface area contributed by atoms with E-state index in [1.54, 1.807) is 4.90 Å². The van der Waals surface area contributed by atoms with Gasteiger partial charge in [0.2, 0.25) is 5.91 Å². The second kappa shape index (κ2) is 17.3. The molecule has 1 aromatic rings. The van der Waals surface area contributed by atoms with Crippen LogP contribution >= 0.6 is 12.4 Å². The van der Waals surface area contributed by atoms with Crippen molar-refractivity contribution < 1.29 is 28.6 Å². The molecule has 0 spiro atoms. The largest absolute Gasteiger partial charge is 0.466 e. The van der Waals surface area contributed by atoms with Crippen LogP contribution in [0.4, 0.5) is 10.5 Å². The third kappa shape index (κ3) is 10.8. The van der Waals surface area contributed by atoms with Crippen LogP contribution in [-0.4, -0.2) is 79.9 Å². The van der Waals surface area contributed by atoms with Crippen LogP contribution in [0.3, 0.4) is 0 Å². The summed E-state index contributed by atoms with van der Waals surface area (Å²) in [5, 5.41) is 2.94. The van der Waals surface area contributed by atoms with Gasteiger partial charge in [0.25, 0.3) is 0 Å². The Hall–Kier alpha value is -2.36. The van der Waals surface area contributed by atoms with E-state index in [1.165, 1.54) is 11.1 Å². The molecule has 0 atom stereocenters. The van der Waals surface area contributed by atoms with E-state index >= 15 is 0 Å². The number of rotatable bonds is 13. The number of fused-ring (bicyclic) bond motifs is 1. The van der Waals surface area contributed by atoms with E-state index in [0.717, 1.165) is 50.9 Å². The number of ether oxygens (including phenoxy) is 3. The number of piperidine rings is 1. The fraction of sp³-hybridized carbons (Fsp3) is 0.679. The third-order valence-corrected chi connectivity index (χ3v) is 6.89. The van der Waals surface area contributed by atoms with Gasteiger partial charge in [-0.3, -0.25) is 14.5 Å². The number of nitrogens with zero attached hydrogens (tertiary/aromatic N) is 2. The van der Waals surface area contributed by atoms with E-state index in [-0.39, 0.29) is 43.1 Å². The van der Waals surface area contributed by atoms with Crippen LogP contribution < -0.4 is 5.32 Å². The number of hydrogen-bond donors (Lipinski definition) is 1. The maximum absolute atomic E-state index is 12.5. The minimum atomic E-state index is -0.250. The number of likely N-dealkylation sites (tertiary alicyclic amines) is 1. The molecule has 10 heteroatoms. The standard InChI is InChI=1S/C28H43N3O6.ClH/c1-3-5-6-7-18-36-28(34)31-16-11-25(12-17-31)37-21-26(32)29-24-9-8-22-10-14-30(20-23(22)19-24)15-13-27(33)35-4-2;/h8-9,19,25H,3-7,10-18,20-21H2,1-2H3,(H,29,32);1H. The number of halogens is 1. The molecule has 0 aliphatic carbocycles. The summed E-state index contributed by atoms with van der Waals surface area (Å²) in [5.41, 5.74) is 3.18. The van der Waals surface area contributed by atoms with Crippen molar-refractivity contribution in [2.75, 3.05) is 51.3 Å². The highest BCUT2D eigenvalue weighted by Crippen LogP contribution is 2.23. The van der Waals surface area contributed by atoms with Gasteiger partial charge in [-0.05, 0) is 55.9 Å². The first kappa shape index (κ1) is 31.9. The molecule has 0 radical (unpaired) electrons. The molecule has 1 N–H and O–H groups in total. The maximum atomic E-state index is 12.5. The van der Waals surface area contributed by atoms with Gasteiger partial charge >= 0.3 is 12.1 Å². The predicted molar refractivity (Wildman–Crippen MR) is 149 cm³/mol. The second-order valence-corrected chi connectivity index (χ2v) is 9.79. The highest BCUT2D eigenvalue weighted by atomic mass is 35.5. The zero-order chi connectivity index (χ0) is 26.5. The van der Waals surface area contributed by atoms with Gasteiger partial charge in [-0.15, -0.1) is 12.4 Å². The van der Waals surface area contributed by atoms with Gasteiger partial charge in [0.05, 0.1) is 25.7 Å². The lowest BCUT2D eigenvalue weighted by Gasteiger charge is -2.31. The van der Waals surface area contributed by atoms with Crippen molar-refractivity contribution in [2.45, 2.75) is 77.9 Å². The summed E-state index contributed by atoms with van der Waals surface area (Å²) in [7, 11) is 0. The first-order chi connectivity index (χ1) is 18.0. The molecule has 214 valence electrons. The number of unbranched alkanes of at least 4 members (excludes halogenated alkanes) is 3. The SMILES string of the molecule is CCCCCCOC(=O)N1CCC(OCC(=O)Nc2ccc3c(c2)CN(CCC(=O)OCC)CC3)CC1.Cl. The van der Waals surface area contributed by atoms with Gasteiger partial charge in [0.1, 0.15) is 6.61 Å². The molecule has 9 nitrogen and oxygen atoms in total. The molecule has 38 heavy (non-hydrogen) atoms. The summed E-state index contributed by atoms with van der Waals surface area (Å²) < 4.78 is 16.2. The lowest BCUT2D eigenvalue weighted by Crippen LogP contribution is -2.41. The predicted octanol–water partition coefficient (Wildman–Crippen LogP) is 4.56. The normalized spacial score (nSPS) is 15.8. The molecule has 1 aromatic carbocycles. The zero-order valence-electron chi connectivity index (χ0n) is 22.9. The minimum Gasteiger partial charge on any atom is -0.466 e. The van der Waals surface area contributed by atoms with Crippen LogP contribution in [0.15, 0.2) is 18.2 Å². The first-order valence-corrected chi connectivity index (χ1v) is 13.8. The van der Waals surface area contributed by atoms with E-state index in [4.69, 9.17) is 14.2 Å². The Morgan fingerprint density at radius 3 is 2.53 bits per heavy atom. The van der Waals surface area contributed by atoms with Gasteiger partial charge in [-0.2, -0.15) is 0 Å². The average molecular weight is 554 g/mol. The zero-order valence-corrected chi connectivity index (χ0v) is 23.7. The van der Waals surface area contributed by atoms with E-state index in [0.29, 0.717) is 52.1 Å². The smallest absolute Gasteiger partial charge is 0.409 e. The summed E-state index contributed by atoms with van der Waals surface area (Å²) in [6, 6.07) is 6.00. The highest BCUT2D eigenvalue weighted by Gasteiger charge is 2.25. The molecule has 1 saturated heterocycles. The van der Waals surface area contributed by atoms with Crippen molar-refractivity contribution in [1.29, 1.82) is 0 Å². The summed E-state index contributed by atoms with van der Waals surface area (Å²) in [6.45, 7) is 8.31. The van der Waals surface area contributed by atoms with E-state index < -0.39 is 0 Å². The highest BCUT2D eigenvalue weighted by molar-refractivity contribution is 5.91. The molecule has 0 unspecified atom stereocenters. The van der Waals surface area contributed by atoms with Crippen molar-refractivity contribution in [3.05, 3.63) is 29.3 Å². The van der Waals surface area contributed by atoms with Crippen molar-refractivity contribution in [2.24, 2.45) is 0 Å². The molecule has 0 aromatic heterocycles. The van der Waals surface area contributed by atoms with Gasteiger partial charge < -0.3 is 24.4 Å². The third-order valence-electron chi connectivity index (χ3n) is 6.89. The van der Waals surface area contributed by atoms with E-state index in [9.17, 15) is 14.4 Å². The average Bonchev–Trinajstić information content (AvgIpc) is 2.90. The van der Waals surface area contributed by atoms with E-state index in [1.807, 2.05) is 19.1 Å². The van der Waals surface area contributed by atoms with Crippen molar-refractivity contribution in [1.82, 2.24) is 9.80 Å². The number of carbonyl (C=O) groups excluding carboxylic acids is 3. The Morgan fingerprint density at radius 1 is 1.00 bits per heavy atom. The van der Waals surface area contributed by atoms with Gasteiger partial charge in [0.15, 0.2) is 0 Å². The molecule has 2 aliphatic heterocycles. The van der Waals surface area contributed by atoms with Gasteiger partial charge in [0, 0.05) is 38.4 Å². The summed E-state index contributed by atoms with van der Waals surface area (Å²) in [4.78, 5) is 40.3. The molecular formula is C28H44ClN3O6. The van der Waals surface area contributed by atoms with Crippen molar-refractivity contribution >= 4 is 36.1 Å². The molecule has 0 bridgehead atoms. The minimum absolute atomic E-state index is 0. The second-order valence-electron chi connectivity index (χ2n) is 9.79. The van der Waals surface area contributed by atoms with Gasteiger partial charge in [-0.25, -0.2) is 4.79 Å². The van der Waals surface area contributed by atoms with E-state index in [2.05, 4.69) is 23.2 Å². The Morgan fingerprint density at radius 2 is 1.79 bits per heavy atom. The Labute approximate surface area is 232 Å². The number of carbonyl (C=O) groups is 3. The number of hydrogen-bond acceptors (Lipinski definition) is 7. The Bertz CT molecular complexity index is 891. The molecule has 0 saturated carbocycles. The summed E-state index contributed by atoms with van der Waals surface area (Å²) in [6.07, 6.45) is 6.71. The lowest BCUT2D eigenvalue weighted by atomic mass is 9.99. The molecule has 2 heterocycles. The Balaban J connectivity index is 0.00000507. The number of anilines is 1.